The fourth-order valence-electron chi connectivity index (χ4n) is 2.80. The molecule has 0 saturated heterocycles. The number of hydrogen-bond acceptors (Lipinski definition) is 6. The van der Waals surface area contributed by atoms with E-state index >= 15 is 0 Å². The molecule has 7 heteroatoms. The van der Waals surface area contributed by atoms with Crippen molar-refractivity contribution >= 4 is 22.9 Å². The van der Waals surface area contributed by atoms with Gasteiger partial charge in [0.2, 0.25) is 11.7 Å². The standard InChI is InChI=1S/C21H22N2O4S/c1-25-17-10-15(11-18(26-2)21(17)27-3)22-19(24)12-16-13-28-20(23-16)9-14-7-5-4-6-8-14/h4-8,10-11,13H,9,12H2,1-3H3,(H,22,24). The SMILES string of the molecule is COc1cc(NC(=O)Cc2csc(Cc3ccccc3)n2)cc(OC)c1OC. The number of amides is 1. The van der Waals surface area contributed by atoms with Crippen LogP contribution in [0.25, 0.3) is 0 Å². The molecule has 3 aromatic rings. The van der Waals surface area contributed by atoms with E-state index in [0.29, 0.717) is 22.9 Å². The summed E-state index contributed by atoms with van der Waals surface area (Å²) in [4.78, 5) is 17.0. The molecule has 0 saturated carbocycles. The summed E-state index contributed by atoms with van der Waals surface area (Å²) >= 11 is 1.56. The molecule has 0 aliphatic heterocycles. The average Bonchev–Trinajstić information content (AvgIpc) is 3.14. The maximum Gasteiger partial charge on any atom is 0.230 e. The van der Waals surface area contributed by atoms with Crippen molar-refractivity contribution in [2.24, 2.45) is 0 Å². The van der Waals surface area contributed by atoms with E-state index in [1.807, 2.05) is 23.6 Å². The topological polar surface area (TPSA) is 69.7 Å². The number of carbonyl (C=O) groups excluding carboxylic acids is 1. The number of ether oxygens (including phenoxy) is 3. The summed E-state index contributed by atoms with van der Waals surface area (Å²) in [5, 5.41) is 5.77. The second-order valence-electron chi connectivity index (χ2n) is 6.03. The van der Waals surface area contributed by atoms with Crippen LogP contribution in [0.1, 0.15) is 16.3 Å². The Bertz CT molecular complexity index is 916. The van der Waals surface area contributed by atoms with E-state index in [-0.39, 0.29) is 12.3 Å². The number of nitrogens with zero attached hydrogens (tertiary/aromatic N) is 1. The monoisotopic (exact) mass is 398 g/mol. The van der Waals surface area contributed by atoms with Crippen molar-refractivity contribution in [3.05, 3.63) is 64.1 Å². The lowest BCUT2D eigenvalue weighted by Gasteiger charge is -2.14. The first kappa shape index (κ1) is 19.7. The van der Waals surface area contributed by atoms with Crippen LogP contribution < -0.4 is 19.5 Å². The molecule has 0 aliphatic rings. The Hall–Kier alpha value is -3.06. The van der Waals surface area contributed by atoms with E-state index < -0.39 is 0 Å². The fraction of sp³-hybridized carbons (Fsp3) is 0.238. The van der Waals surface area contributed by atoms with Crippen molar-refractivity contribution in [3.8, 4) is 17.2 Å². The number of thiazole rings is 1. The number of rotatable bonds is 8. The van der Waals surface area contributed by atoms with Gasteiger partial charge < -0.3 is 19.5 Å². The molecule has 0 bridgehead atoms. The van der Waals surface area contributed by atoms with E-state index in [1.54, 1.807) is 23.5 Å². The van der Waals surface area contributed by atoms with Crippen LogP contribution in [0.15, 0.2) is 47.8 Å². The predicted molar refractivity (Wildman–Crippen MR) is 110 cm³/mol. The Morgan fingerprint density at radius 3 is 2.32 bits per heavy atom. The van der Waals surface area contributed by atoms with Gasteiger partial charge in [0.15, 0.2) is 11.5 Å². The molecule has 0 fully saturated rings. The highest BCUT2D eigenvalue weighted by Crippen LogP contribution is 2.39. The Morgan fingerprint density at radius 2 is 1.71 bits per heavy atom. The van der Waals surface area contributed by atoms with E-state index in [0.717, 1.165) is 17.1 Å². The molecule has 1 N–H and O–H groups in total. The van der Waals surface area contributed by atoms with Gasteiger partial charge in [0.25, 0.3) is 0 Å². The van der Waals surface area contributed by atoms with Crippen molar-refractivity contribution in [2.45, 2.75) is 12.8 Å². The van der Waals surface area contributed by atoms with Crippen LogP contribution >= 0.6 is 11.3 Å². The zero-order valence-corrected chi connectivity index (χ0v) is 16.8. The van der Waals surface area contributed by atoms with Crippen LogP contribution in [0.4, 0.5) is 5.69 Å². The zero-order chi connectivity index (χ0) is 19.9. The Kier molecular flexibility index (Phi) is 6.49. The van der Waals surface area contributed by atoms with Crippen LogP contribution in [0.3, 0.4) is 0 Å². The molecule has 28 heavy (non-hydrogen) atoms. The molecular weight excluding hydrogens is 376 g/mol. The minimum atomic E-state index is -0.161. The lowest BCUT2D eigenvalue weighted by Crippen LogP contribution is -2.15. The van der Waals surface area contributed by atoms with Gasteiger partial charge in [-0.05, 0) is 5.56 Å². The number of nitrogens with one attached hydrogen (secondary N) is 1. The smallest absolute Gasteiger partial charge is 0.230 e. The van der Waals surface area contributed by atoms with Gasteiger partial charge in [0.1, 0.15) is 0 Å². The lowest BCUT2D eigenvalue weighted by molar-refractivity contribution is -0.115. The molecule has 1 amide bonds. The van der Waals surface area contributed by atoms with Gasteiger partial charge >= 0.3 is 0 Å². The number of anilines is 1. The summed E-state index contributed by atoms with van der Waals surface area (Å²) in [5.41, 5.74) is 2.52. The summed E-state index contributed by atoms with van der Waals surface area (Å²) in [6.45, 7) is 0. The third-order valence-corrected chi connectivity index (χ3v) is 4.99. The second-order valence-corrected chi connectivity index (χ2v) is 6.98. The molecule has 0 atom stereocenters. The third-order valence-electron chi connectivity index (χ3n) is 4.09. The summed E-state index contributed by atoms with van der Waals surface area (Å²) in [7, 11) is 4.60. The van der Waals surface area contributed by atoms with E-state index in [4.69, 9.17) is 14.2 Å². The first-order valence-electron chi connectivity index (χ1n) is 8.70. The number of aromatic nitrogens is 1. The molecule has 146 valence electrons. The molecule has 0 aliphatic carbocycles. The highest BCUT2D eigenvalue weighted by atomic mass is 32.1. The highest BCUT2D eigenvalue weighted by molar-refractivity contribution is 7.09. The van der Waals surface area contributed by atoms with Crippen molar-refractivity contribution in [2.75, 3.05) is 26.6 Å². The van der Waals surface area contributed by atoms with Gasteiger partial charge in [-0.3, -0.25) is 4.79 Å². The summed E-state index contributed by atoms with van der Waals surface area (Å²) in [5.74, 6) is 1.28. The molecule has 0 spiro atoms. The van der Waals surface area contributed by atoms with Crippen LogP contribution in [0, 0.1) is 0 Å². The van der Waals surface area contributed by atoms with Crippen molar-refractivity contribution in [1.82, 2.24) is 4.98 Å². The Labute approximate surface area is 168 Å². The van der Waals surface area contributed by atoms with Crippen LogP contribution in [-0.2, 0) is 17.6 Å². The minimum Gasteiger partial charge on any atom is -0.493 e. The molecule has 1 heterocycles. The van der Waals surface area contributed by atoms with Crippen LogP contribution in [0.5, 0.6) is 17.2 Å². The first-order valence-corrected chi connectivity index (χ1v) is 9.58. The lowest BCUT2D eigenvalue weighted by atomic mass is 10.2. The molecule has 1 aromatic heterocycles. The van der Waals surface area contributed by atoms with Gasteiger partial charge in [0.05, 0.1) is 38.5 Å². The molecule has 0 radical (unpaired) electrons. The van der Waals surface area contributed by atoms with Gasteiger partial charge in [-0.25, -0.2) is 4.98 Å². The normalized spacial score (nSPS) is 10.4. The quantitative estimate of drug-likeness (QED) is 0.622. The van der Waals surface area contributed by atoms with Crippen molar-refractivity contribution < 1.29 is 19.0 Å². The number of carbonyl (C=O) groups is 1. The predicted octanol–water partition coefficient (Wildman–Crippen LogP) is 3.94. The third kappa shape index (κ3) is 4.80. The van der Waals surface area contributed by atoms with Crippen LogP contribution in [-0.4, -0.2) is 32.2 Å². The highest BCUT2D eigenvalue weighted by Gasteiger charge is 2.15. The number of hydrogen-bond donors (Lipinski definition) is 1. The van der Waals surface area contributed by atoms with E-state index in [2.05, 4.69) is 22.4 Å². The van der Waals surface area contributed by atoms with Gasteiger partial charge in [0, 0.05) is 29.6 Å². The molecule has 0 unspecified atom stereocenters. The average molecular weight is 398 g/mol. The Morgan fingerprint density at radius 1 is 1.04 bits per heavy atom. The van der Waals surface area contributed by atoms with E-state index in [1.165, 1.54) is 26.9 Å². The minimum absolute atomic E-state index is 0.161. The maximum atomic E-state index is 12.4. The molecule has 3 rings (SSSR count). The van der Waals surface area contributed by atoms with E-state index in [9.17, 15) is 4.79 Å². The number of benzene rings is 2. The van der Waals surface area contributed by atoms with Gasteiger partial charge in [-0.15, -0.1) is 11.3 Å². The van der Waals surface area contributed by atoms with Crippen LogP contribution in [0.2, 0.25) is 0 Å². The Balaban J connectivity index is 1.66. The fourth-order valence-corrected chi connectivity index (χ4v) is 3.63. The first-order chi connectivity index (χ1) is 13.6. The second kappa shape index (κ2) is 9.23. The largest absolute Gasteiger partial charge is 0.493 e. The van der Waals surface area contributed by atoms with Gasteiger partial charge in [-0.2, -0.15) is 0 Å². The maximum absolute atomic E-state index is 12.4. The van der Waals surface area contributed by atoms with Crippen molar-refractivity contribution in [1.29, 1.82) is 0 Å². The van der Waals surface area contributed by atoms with Crippen molar-refractivity contribution in [3.63, 3.8) is 0 Å². The summed E-state index contributed by atoms with van der Waals surface area (Å²) in [6.07, 6.45) is 0.960. The summed E-state index contributed by atoms with van der Waals surface area (Å²) < 4.78 is 15.9. The number of methoxy groups -OCH3 is 3. The molecular formula is C21H22N2O4S. The zero-order valence-electron chi connectivity index (χ0n) is 16.0. The summed E-state index contributed by atoms with van der Waals surface area (Å²) in [6, 6.07) is 13.5. The molecule has 6 nitrogen and oxygen atoms in total. The molecule has 2 aromatic carbocycles. The van der Waals surface area contributed by atoms with Gasteiger partial charge in [-0.1, -0.05) is 30.3 Å².